The Hall–Kier alpha value is -1.70. The zero-order valence-corrected chi connectivity index (χ0v) is 18.5. The van der Waals surface area contributed by atoms with E-state index in [9.17, 15) is 14.5 Å². The minimum absolute atomic E-state index is 0.0237. The number of aliphatic hydroxyl groups excluding tert-OH is 1. The first-order valence-electron chi connectivity index (χ1n) is 9.34. The summed E-state index contributed by atoms with van der Waals surface area (Å²) >= 11 is 6.51. The number of esters is 1. The normalized spacial score (nSPS) is 13.9. The van der Waals surface area contributed by atoms with Crippen LogP contribution in [0, 0.1) is 6.92 Å². The van der Waals surface area contributed by atoms with E-state index in [2.05, 4.69) is 5.10 Å². The van der Waals surface area contributed by atoms with E-state index < -0.39 is 25.3 Å². The van der Waals surface area contributed by atoms with E-state index in [1.165, 1.54) is 4.68 Å². The Labute approximate surface area is 175 Å². The quantitative estimate of drug-likeness (QED) is 0.435. The van der Waals surface area contributed by atoms with E-state index >= 15 is 0 Å². The zero-order valence-electron chi connectivity index (χ0n) is 16.9. The van der Waals surface area contributed by atoms with Crippen molar-refractivity contribution < 1.29 is 28.3 Å². The molecule has 1 aromatic carbocycles. The Morgan fingerprint density at radius 1 is 1.17 bits per heavy atom. The maximum absolute atomic E-state index is 13.4. The van der Waals surface area contributed by atoms with Gasteiger partial charge < -0.3 is 18.9 Å². The van der Waals surface area contributed by atoms with Crippen molar-refractivity contribution in [2.45, 2.75) is 39.5 Å². The van der Waals surface area contributed by atoms with E-state index in [-0.39, 0.29) is 30.5 Å². The van der Waals surface area contributed by atoms with Gasteiger partial charge in [0.2, 0.25) is 0 Å². The van der Waals surface area contributed by atoms with Gasteiger partial charge in [0.15, 0.2) is 5.66 Å². The summed E-state index contributed by atoms with van der Waals surface area (Å²) in [6.07, 6.45) is -1.61. The highest BCUT2D eigenvalue weighted by Gasteiger charge is 2.49. The number of para-hydroxylation sites is 1. The van der Waals surface area contributed by atoms with Gasteiger partial charge in [0.05, 0.1) is 31.2 Å². The second kappa shape index (κ2) is 10.4. The molecule has 8 nitrogen and oxygen atoms in total. The summed E-state index contributed by atoms with van der Waals surface area (Å²) in [6, 6.07) is 9.07. The van der Waals surface area contributed by atoms with E-state index in [0.717, 1.165) is 0 Å². The van der Waals surface area contributed by atoms with Crippen LogP contribution in [-0.4, -0.2) is 46.3 Å². The maximum Gasteiger partial charge on any atom is 0.347 e. The molecule has 0 radical (unpaired) electrons. The lowest BCUT2D eigenvalue weighted by atomic mass is 10.1. The number of aromatic nitrogens is 2. The van der Waals surface area contributed by atoms with Gasteiger partial charge in [-0.2, -0.15) is 5.10 Å². The van der Waals surface area contributed by atoms with E-state index in [1.54, 1.807) is 39.8 Å². The summed E-state index contributed by atoms with van der Waals surface area (Å²) in [6.45, 7) is 6.57. The van der Waals surface area contributed by atoms with Crippen molar-refractivity contribution in [1.29, 1.82) is 0 Å². The number of rotatable bonds is 10. The van der Waals surface area contributed by atoms with Crippen LogP contribution in [0.2, 0.25) is 5.15 Å². The molecule has 0 bridgehead atoms. The lowest BCUT2D eigenvalue weighted by Crippen LogP contribution is -2.32. The molecule has 10 heteroatoms. The van der Waals surface area contributed by atoms with Crippen LogP contribution in [0.5, 0.6) is 0 Å². The van der Waals surface area contributed by atoms with Gasteiger partial charge in [0, 0.05) is 5.56 Å². The predicted molar refractivity (Wildman–Crippen MR) is 110 cm³/mol. The van der Waals surface area contributed by atoms with Crippen LogP contribution in [-0.2, 0) is 23.1 Å². The van der Waals surface area contributed by atoms with Crippen molar-refractivity contribution in [3.8, 4) is 5.69 Å². The smallest absolute Gasteiger partial charge is 0.347 e. The Bertz CT molecular complexity index is 863. The number of aliphatic hydroxyl groups is 1. The highest BCUT2D eigenvalue weighted by atomic mass is 35.5. The van der Waals surface area contributed by atoms with E-state index in [4.69, 9.17) is 25.4 Å². The summed E-state index contributed by atoms with van der Waals surface area (Å²) in [4.78, 5) is 12.7. The first kappa shape index (κ1) is 23.6. The van der Waals surface area contributed by atoms with Gasteiger partial charge in [-0.05, 0) is 39.8 Å². The number of ether oxygens (including phenoxy) is 1. The molecule has 1 heterocycles. The van der Waals surface area contributed by atoms with Crippen molar-refractivity contribution >= 4 is 25.2 Å². The SMILES string of the molecule is CCOC(=O)C(C(O)c1c(C)nn(-c2ccccc2)c1Cl)P(=O)(OCC)OCC. The third-order valence-electron chi connectivity index (χ3n) is 4.13. The molecule has 2 unspecified atom stereocenters. The van der Waals surface area contributed by atoms with Crippen molar-refractivity contribution in [3.63, 3.8) is 0 Å². The van der Waals surface area contributed by atoms with E-state index in [1.807, 2.05) is 18.2 Å². The van der Waals surface area contributed by atoms with Crippen LogP contribution in [0.4, 0.5) is 0 Å². The summed E-state index contributed by atoms with van der Waals surface area (Å²) in [5, 5.41) is 15.6. The molecular formula is C19H26ClN2O6P. The number of aryl methyl sites for hydroxylation is 1. The highest BCUT2D eigenvalue weighted by Crippen LogP contribution is 2.58. The number of hydrogen-bond acceptors (Lipinski definition) is 7. The molecule has 2 atom stereocenters. The number of hydrogen-bond donors (Lipinski definition) is 1. The number of nitrogens with zero attached hydrogens (tertiary/aromatic N) is 2. The first-order valence-corrected chi connectivity index (χ1v) is 11.3. The average molecular weight is 445 g/mol. The van der Waals surface area contributed by atoms with Crippen LogP contribution >= 0.6 is 19.2 Å². The summed E-state index contributed by atoms with van der Waals surface area (Å²) < 4.78 is 30.5. The van der Waals surface area contributed by atoms with Crippen LogP contribution < -0.4 is 0 Å². The van der Waals surface area contributed by atoms with E-state index in [0.29, 0.717) is 11.4 Å². The van der Waals surface area contributed by atoms with Crippen molar-refractivity contribution in [1.82, 2.24) is 9.78 Å². The molecule has 0 fully saturated rings. The molecule has 0 aliphatic heterocycles. The third kappa shape index (κ3) is 5.08. The lowest BCUT2D eigenvalue weighted by molar-refractivity contribution is -0.145. The third-order valence-corrected chi connectivity index (χ3v) is 6.90. The standard InChI is InChI=1S/C19H26ClN2O6P/c1-5-26-19(24)17(29(25,27-6-2)28-7-3)16(23)15-13(4)21-22(18(15)20)14-11-9-8-10-12-14/h8-12,16-17,23H,5-7H2,1-4H3. The second-order valence-electron chi connectivity index (χ2n) is 6.05. The molecule has 1 aromatic heterocycles. The molecule has 0 aliphatic rings. The molecule has 0 spiro atoms. The maximum atomic E-state index is 13.4. The molecule has 0 aliphatic carbocycles. The van der Waals surface area contributed by atoms with Crippen molar-refractivity contribution in [2.75, 3.05) is 19.8 Å². The van der Waals surface area contributed by atoms with Crippen LogP contribution in [0.15, 0.2) is 30.3 Å². The molecule has 0 saturated carbocycles. The topological polar surface area (TPSA) is 99.9 Å². The summed E-state index contributed by atoms with van der Waals surface area (Å²) in [5.41, 5.74) is -0.398. The largest absolute Gasteiger partial charge is 0.465 e. The van der Waals surface area contributed by atoms with Gasteiger partial charge in [-0.25, -0.2) is 4.68 Å². The van der Waals surface area contributed by atoms with Crippen LogP contribution in [0.3, 0.4) is 0 Å². The van der Waals surface area contributed by atoms with Gasteiger partial charge in [-0.1, -0.05) is 29.8 Å². The molecule has 29 heavy (non-hydrogen) atoms. The van der Waals surface area contributed by atoms with Crippen LogP contribution in [0.25, 0.3) is 5.69 Å². The van der Waals surface area contributed by atoms with Gasteiger partial charge in [0.1, 0.15) is 11.3 Å². The second-order valence-corrected chi connectivity index (χ2v) is 8.56. The average Bonchev–Trinajstić information content (AvgIpc) is 2.97. The number of carbonyl (C=O) groups is 1. The lowest BCUT2D eigenvalue weighted by Gasteiger charge is -2.28. The summed E-state index contributed by atoms with van der Waals surface area (Å²) in [5.74, 6) is -0.895. The Kier molecular flexibility index (Phi) is 8.43. The fourth-order valence-corrected chi connectivity index (χ4v) is 5.29. The fourth-order valence-electron chi connectivity index (χ4n) is 2.96. The van der Waals surface area contributed by atoms with Crippen molar-refractivity contribution in [2.24, 2.45) is 0 Å². The van der Waals surface area contributed by atoms with Gasteiger partial charge in [-0.15, -0.1) is 0 Å². The minimum Gasteiger partial charge on any atom is -0.465 e. The molecular weight excluding hydrogens is 419 g/mol. The Morgan fingerprint density at radius 3 is 2.28 bits per heavy atom. The molecule has 1 N–H and O–H groups in total. The Morgan fingerprint density at radius 2 is 1.76 bits per heavy atom. The zero-order chi connectivity index (χ0) is 21.6. The molecule has 2 rings (SSSR count). The highest BCUT2D eigenvalue weighted by molar-refractivity contribution is 7.55. The van der Waals surface area contributed by atoms with Gasteiger partial charge in [-0.3, -0.25) is 9.36 Å². The minimum atomic E-state index is -4.06. The monoisotopic (exact) mass is 444 g/mol. The first-order chi connectivity index (χ1) is 13.8. The molecule has 160 valence electrons. The summed E-state index contributed by atoms with van der Waals surface area (Å²) in [7, 11) is -4.06. The van der Waals surface area contributed by atoms with Crippen molar-refractivity contribution in [3.05, 3.63) is 46.7 Å². The Balaban J connectivity index is 2.57. The van der Waals surface area contributed by atoms with Crippen LogP contribution in [0.1, 0.15) is 38.1 Å². The molecule has 0 saturated heterocycles. The number of carbonyl (C=O) groups excluding carboxylic acids is 1. The molecule has 0 amide bonds. The predicted octanol–water partition coefficient (Wildman–Crippen LogP) is 4.07. The molecule has 2 aromatic rings. The number of halogens is 1. The fraction of sp³-hybridized carbons (Fsp3) is 0.474. The van der Waals surface area contributed by atoms with Gasteiger partial charge >= 0.3 is 13.6 Å². The number of benzene rings is 1. The van der Waals surface area contributed by atoms with Gasteiger partial charge in [0.25, 0.3) is 0 Å².